The second-order valence-corrected chi connectivity index (χ2v) is 4.90. The average Bonchev–Trinajstić information content (AvgIpc) is 2.24. The molecule has 0 unspecified atom stereocenters. The minimum atomic E-state index is -0.507. The van der Waals surface area contributed by atoms with E-state index in [1.54, 1.807) is 12.1 Å². The monoisotopic (exact) mass is 351 g/mol. The van der Waals surface area contributed by atoms with Crippen LogP contribution in [-0.4, -0.2) is 17.8 Å². The van der Waals surface area contributed by atoms with E-state index >= 15 is 0 Å². The molecule has 0 aliphatic rings. The third kappa shape index (κ3) is 3.87. The Bertz CT molecular complexity index is 351. The summed E-state index contributed by atoms with van der Waals surface area (Å²) in [5.74, 6) is -0.882. The largest absolute Gasteiger partial charge is 0.352 e. The highest BCUT2D eigenvalue weighted by atomic mass is 79.9. The van der Waals surface area contributed by atoms with Crippen molar-refractivity contribution in [3.8, 4) is 0 Å². The first-order chi connectivity index (χ1) is 7.66. The van der Waals surface area contributed by atoms with Gasteiger partial charge in [-0.15, -0.1) is 0 Å². The highest BCUT2D eigenvalue weighted by Gasteiger charge is 2.14. The van der Waals surface area contributed by atoms with Crippen molar-refractivity contribution in [2.75, 3.05) is 11.9 Å². The Labute approximate surface area is 111 Å². The zero-order chi connectivity index (χ0) is 12.0. The van der Waals surface area contributed by atoms with Crippen molar-refractivity contribution in [2.24, 2.45) is 0 Å². The van der Waals surface area contributed by atoms with Crippen molar-refractivity contribution >= 4 is 37.8 Å². The number of halogens is 3. The Morgan fingerprint density at radius 1 is 1.38 bits per heavy atom. The second kappa shape index (κ2) is 7.01. The minimum absolute atomic E-state index is 0.0707. The number of amides is 1. The molecule has 88 valence electrons. The molecule has 5 heteroatoms. The molecule has 16 heavy (non-hydrogen) atoms. The van der Waals surface area contributed by atoms with Crippen molar-refractivity contribution in [3.63, 3.8) is 0 Å². The van der Waals surface area contributed by atoms with E-state index in [0.717, 1.165) is 18.2 Å². The maximum atomic E-state index is 13.4. The van der Waals surface area contributed by atoms with Gasteiger partial charge in [0.1, 0.15) is 5.82 Å². The van der Waals surface area contributed by atoms with Gasteiger partial charge in [-0.25, -0.2) is 4.39 Å². The molecule has 1 aromatic rings. The van der Waals surface area contributed by atoms with Crippen LogP contribution in [0.3, 0.4) is 0 Å². The Kier molecular flexibility index (Phi) is 5.98. The summed E-state index contributed by atoms with van der Waals surface area (Å²) < 4.78 is 13.9. The second-order valence-electron chi connectivity index (χ2n) is 3.25. The highest BCUT2D eigenvalue weighted by molar-refractivity contribution is 9.10. The van der Waals surface area contributed by atoms with Gasteiger partial charge in [-0.3, -0.25) is 4.79 Å². The fourth-order valence-corrected chi connectivity index (χ4v) is 2.14. The molecule has 0 aliphatic carbocycles. The lowest BCUT2D eigenvalue weighted by molar-refractivity contribution is 0.0948. The molecular weight excluding hydrogens is 341 g/mol. The summed E-state index contributed by atoms with van der Waals surface area (Å²) in [6.07, 6.45) is 1.86. The van der Waals surface area contributed by atoms with E-state index in [4.69, 9.17) is 0 Å². The van der Waals surface area contributed by atoms with Crippen molar-refractivity contribution in [1.82, 2.24) is 5.32 Å². The van der Waals surface area contributed by atoms with E-state index in [1.165, 1.54) is 6.07 Å². The lowest BCUT2D eigenvalue weighted by atomic mass is 10.2. The lowest BCUT2D eigenvalue weighted by Gasteiger charge is -2.07. The fraction of sp³-hybridized carbons (Fsp3) is 0.364. The first-order valence-corrected chi connectivity index (χ1v) is 6.86. The van der Waals surface area contributed by atoms with E-state index in [2.05, 4.69) is 37.2 Å². The maximum absolute atomic E-state index is 13.4. The van der Waals surface area contributed by atoms with Crippen LogP contribution in [0.2, 0.25) is 0 Å². The van der Waals surface area contributed by atoms with Crippen molar-refractivity contribution in [2.45, 2.75) is 12.8 Å². The summed E-state index contributed by atoms with van der Waals surface area (Å²) in [6, 6.07) is 4.48. The van der Waals surface area contributed by atoms with Gasteiger partial charge in [-0.2, -0.15) is 0 Å². The van der Waals surface area contributed by atoms with Crippen molar-refractivity contribution < 1.29 is 9.18 Å². The number of carbonyl (C=O) groups excluding carboxylic acids is 1. The molecule has 0 bridgehead atoms. The van der Waals surface area contributed by atoms with E-state index in [1.807, 2.05) is 0 Å². The molecule has 0 saturated heterocycles. The van der Waals surface area contributed by atoms with Crippen LogP contribution >= 0.6 is 31.9 Å². The quantitative estimate of drug-likeness (QED) is 0.637. The van der Waals surface area contributed by atoms with Crippen molar-refractivity contribution in [1.29, 1.82) is 0 Å². The predicted octanol–water partition coefficient (Wildman–Crippen LogP) is 3.49. The Balaban J connectivity index is 2.59. The molecule has 1 N–H and O–H groups in total. The van der Waals surface area contributed by atoms with Gasteiger partial charge in [-0.1, -0.05) is 22.0 Å². The summed E-state index contributed by atoms with van der Waals surface area (Å²) in [7, 11) is 0. The molecule has 0 aliphatic heterocycles. The number of carbonyl (C=O) groups is 1. The van der Waals surface area contributed by atoms with Crippen LogP contribution in [0.15, 0.2) is 22.7 Å². The molecule has 0 saturated carbocycles. The molecule has 1 amide bonds. The fourth-order valence-electron chi connectivity index (χ4n) is 1.22. The summed E-state index contributed by atoms with van der Waals surface area (Å²) in [4.78, 5) is 11.7. The van der Waals surface area contributed by atoms with E-state index in [0.29, 0.717) is 11.0 Å². The number of hydrogen-bond donors (Lipinski definition) is 1. The first-order valence-electron chi connectivity index (χ1n) is 4.95. The zero-order valence-electron chi connectivity index (χ0n) is 8.60. The van der Waals surface area contributed by atoms with Gasteiger partial charge in [0.2, 0.25) is 0 Å². The number of nitrogens with one attached hydrogen (secondary N) is 1. The van der Waals surface area contributed by atoms with E-state index in [-0.39, 0.29) is 11.5 Å². The number of hydrogen-bond acceptors (Lipinski definition) is 1. The summed E-state index contributed by atoms with van der Waals surface area (Å²) >= 11 is 6.47. The molecule has 0 fully saturated rings. The molecule has 0 heterocycles. The Hall–Kier alpha value is -0.420. The number of alkyl halides is 1. The Morgan fingerprint density at radius 2 is 2.12 bits per heavy atom. The first kappa shape index (κ1) is 13.6. The predicted molar refractivity (Wildman–Crippen MR) is 69.5 cm³/mol. The van der Waals surface area contributed by atoms with Crippen LogP contribution in [-0.2, 0) is 0 Å². The third-order valence-corrected chi connectivity index (χ3v) is 3.26. The van der Waals surface area contributed by atoms with E-state index in [9.17, 15) is 9.18 Å². The lowest BCUT2D eigenvalue weighted by Crippen LogP contribution is -2.25. The van der Waals surface area contributed by atoms with Crippen molar-refractivity contribution in [3.05, 3.63) is 34.1 Å². The third-order valence-electron chi connectivity index (χ3n) is 2.04. The van der Waals surface area contributed by atoms with Gasteiger partial charge in [0.25, 0.3) is 5.91 Å². The number of rotatable bonds is 5. The molecule has 0 aromatic heterocycles. The normalized spacial score (nSPS) is 10.2. The van der Waals surface area contributed by atoms with E-state index < -0.39 is 5.82 Å². The van der Waals surface area contributed by atoms with Crippen LogP contribution in [0.5, 0.6) is 0 Å². The van der Waals surface area contributed by atoms with Gasteiger partial charge in [0, 0.05) is 16.3 Å². The standard InChI is InChI=1S/C11H12Br2FNO/c12-6-1-2-7-15-11(16)10-8(13)4-3-5-9(10)14/h3-5H,1-2,6-7H2,(H,15,16). The zero-order valence-corrected chi connectivity index (χ0v) is 11.8. The molecule has 0 spiro atoms. The molecule has 0 atom stereocenters. The SMILES string of the molecule is O=C(NCCCCBr)c1c(F)cccc1Br. The van der Waals surface area contributed by atoms with Crippen LogP contribution in [0.25, 0.3) is 0 Å². The molecule has 0 radical (unpaired) electrons. The van der Waals surface area contributed by atoms with Crippen LogP contribution in [0.4, 0.5) is 4.39 Å². The molecule has 1 rings (SSSR count). The Morgan fingerprint density at radius 3 is 2.75 bits per heavy atom. The van der Waals surface area contributed by atoms with Gasteiger partial charge in [0.05, 0.1) is 5.56 Å². The van der Waals surface area contributed by atoms with Crippen LogP contribution < -0.4 is 5.32 Å². The summed E-state index contributed by atoms with van der Waals surface area (Å²) in [6.45, 7) is 0.561. The minimum Gasteiger partial charge on any atom is -0.352 e. The molecule has 2 nitrogen and oxygen atoms in total. The smallest absolute Gasteiger partial charge is 0.255 e. The average molecular weight is 353 g/mol. The van der Waals surface area contributed by atoms with Gasteiger partial charge in [-0.05, 0) is 40.9 Å². The summed E-state index contributed by atoms with van der Waals surface area (Å²) in [5, 5.41) is 3.59. The maximum Gasteiger partial charge on any atom is 0.255 e. The molecule has 1 aromatic carbocycles. The number of unbranched alkanes of at least 4 members (excludes halogenated alkanes) is 1. The van der Waals surface area contributed by atoms with Gasteiger partial charge < -0.3 is 5.32 Å². The topological polar surface area (TPSA) is 29.1 Å². The summed E-state index contributed by atoms with van der Waals surface area (Å²) in [5.41, 5.74) is 0.0707. The molecular formula is C11H12Br2FNO. The van der Waals surface area contributed by atoms with Crippen LogP contribution in [0.1, 0.15) is 23.2 Å². The number of benzene rings is 1. The van der Waals surface area contributed by atoms with Gasteiger partial charge in [0.15, 0.2) is 0 Å². The van der Waals surface area contributed by atoms with Crippen LogP contribution in [0, 0.1) is 5.82 Å². The highest BCUT2D eigenvalue weighted by Crippen LogP contribution is 2.19. The van der Waals surface area contributed by atoms with Gasteiger partial charge >= 0.3 is 0 Å².